The highest BCUT2D eigenvalue weighted by Crippen LogP contribution is 2.17. The molecule has 0 bridgehead atoms. The van der Waals surface area contributed by atoms with Crippen molar-refractivity contribution >= 4 is 40.6 Å². The molecule has 1 N–H and O–H groups in total. The molecule has 1 fully saturated rings. The van der Waals surface area contributed by atoms with Crippen LogP contribution in [0.5, 0.6) is 0 Å². The molecule has 3 heterocycles. The van der Waals surface area contributed by atoms with Crippen molar-refractivity contribution in [3.05, 3.63) is 33.2 Å². The molecule has 1 unspecified atom stereocenters. The minimum atomic E-state index is -0.612. The lowest BCUT2D eigenvalue weighted by Gasteiger charge is -2.41. The third-order valence-corrected chi connectivity index (χ3v) is 5.38. The number of carbonyl (C=O) groups is 3. The number of thiazole rings is 2. The van der Waals surface area contributed by atoms with Crippen LogP contribution < -0.4 is 5.32 Å². The van der Waals surface area contributed by atoms with Crippen LogP contribution in [0.3, 0.4) is 0 Å². The summed E-state index contributed by atoms with van der Waals surface area (Å²) in [7, 11) is 0. The Morgan fingerprint density at radius 3 is 2.38 bits per heavy atom. The third-order valence-electron chi connectivity index (χ3n) is 4.21. The quantitative estimate of drug-likeness (QED) is 0.785. The van der Waals surface area contributed by atoms with E-state index in [2.05, 4.69) is 15.3 Å². The summed E-state index contributed by atoms with van der Waals surface area (Å²) in [5.74, 6) is -0.537. The van der Waals surface area contributed by atoms with Crippen molar-refractivity contribution in [3.8, 4) is 0 Å². The fourth-order valence-corrected chi connectivity index (χ4v) is 3.94. The van der Waals surface area contributed by atoms with E-state index in [0.29, 0.717) is 24.5 Å². The summed E-state index contributed by atoms with van der Waals surface area (Å²) >= 11 is 2.67. The molecule has 156 valence electrons. The highest BCUT2D eigenvalue weighted by Gasteiger charge is 2.35. The van der Waals surface area contributed by atoms with E-state index < -0.39 is 17.7 Å². The van der Waals surface area contributed by atoms with E-state index in [4.69, 9.17) is 4.74 Å². The monoisotopic (exact) mass is 437 g/mol. The maximum atomic E-state index is 12.9. The zero-order valence-corrected chi connectivity index (χ0v) is 18.1. The molecule has 0 radical (unpaired) electrons. The van der Waals surface area contributed by atoms with Gasteiger partial charge in [0.1, 0.15) is 17.0 Å². The molecule has 2 aromatic rings. The van der Waals surface area contributed by atoms with Crippen LogP contribution >= 0.6 is 22.7 Å². The Hall–Kier alpha value is -2.53. The van der Waals surface area contributed by atoms with Crippen LogP contribution in [-0.4, -0.2) is 75.5 Å². The predicted octanol–water partition coefficient (Wildman–Crippen LogP) is 2.09. The van der Waals surface area contributed by atoms with Crippen LogP contribution in [0.15, 0.2) is 21.8 Å². The summed E-state index contributed by atoms with van der Waals surface area (Å²) in [4.78, 5) is 48.9. The van der Waals surface area contributed by atoms with Crippen molar-refractivity contribution in [2.75, 3.05) is 26.2 Å². The Balaban J connectivity index is 1.71. The van der Waals surface area contributed by atoms with Crippen molar-refractivity contribution < 1.29 is 19.1 Å². The zero-order chi connectivity index (χ0) is 21.0. The lowest BCUT2D eigenvalue weighted by molar-refractivity contribution is 0.00448. The maximum absolute atomic E-state index is 12.9. The Bertz CT molecular complexity index is 848. The summed E-state index contributed by atoms with van der Waals surface area (Å²) in [6.45, 7) is 6.53. The van der Waals surface area contributed by atoms with Crippen molar-refractivity contribution in [2.45, 2.75) is 32.4 Å². The van der Waals surface area contributed by atoms with Gasteiger partial charge in [0, 0.05) is 36.9 Å². The van der Waals surface area contributed by atoms with Crippen LogP contribution in [-0.2, 0) is 4.74 Å². The van der Waals surface area contributed by atoms with Crippen molar-refractivity contribution in [2.24, 2.45) is 0 Å². The number of nitrogens with zero attached hydrogens (tertiary/aromatic N) is 4. The van der Waals surface area contributed by atoms with Crippen LogP contribution in [0.4, 0.5) is 4.79 Å². The van der Waals surface area contributed by atoms with E-state index >= 15 is 0 Å². The van der Waals surface area contributed by atoms with Gasteiger partial charge in [0.25, 0.3) is 11.8 Å². The number of ether oxygens (including phenoxy) is 1. The lowest BCUT2D eigenvalue weighted by atomic mass is 10.1. The smallest absolute Gasteiger partial charge is 0.410 e. The standard InChI is InChI=1S/C18H23N5O4S2/c1-18(2,3)27-17(26)22-4-5-23(16(25)14-9-29-11-21-14)12(7-22)6-19-15(24)13-8-28-10-20-13/h8-12H,4-7H2,1-3H3,(H,19,24). The second-order valence-electron chi connectivity index (χ2n) is 7.54. The minimum absolute atomic E-state index is 0.186. The molecule has 0 saturated carbocycles. The molecule has 0 spiro atoms. The molecular weight excluding hydrogens is 414 g/mol. The maximum Gasteiger partial charge on any atom is 0.410 e. The fraction of sp³-hybridized carbons (Fsp3) is 0.500. The van der Waals surface area contributed by atoms with Gasteiger partial charge in [-0.1, -0.05) is 0 Å². The number of piperazine rings is 1. The number of aromatic nitrogens is 2. The molecule has 29 heavy (non-hydrogen) atoms. The van der Waals surface area contributed by atoms with Gasteiger partial charge in [-0.15, -0.1) is 22.7 Å². The molecule has 3 amide bonds. The molecule has 9 nitrogen and oxygen atoms in total. The number of hydrogen-bond donors (Lipinski definition) is 1. The van der Waals surface area contributed by atoms with E-state index in [-0.39, 0.29) is 24.9 Å². The lowest BCUT2D eigenvalue weighted by Crippen LogP contribution is -2.60. The van der Waals surface area contributed by atoms with Crippen LogP contribution in [0.2, 0.25) is 0 Å². The van der Waals surface area contributed by atoms with E-state index in [0.717, 1.165) is 0 Å². The Kier molecular flexibility index (Phi) is 6.48. The topological polar surface area (TPSA) is 105 Å². The van der Waals surface area contributed by atoms with E-state index in [9.17, 15) is 14.4 Å². The van der Waals surface area contributed by atoms with Gasteiger partial charge in [0.05, 0.1) is 17.1 Å². The predicted molar refractivity (Wildman–Crippen MR) is 109 cm³/mol. The fourth-order valence-electron chi connectivity index (χ4n) is 2.88. The first-order chi connectivity index (χ1) is 13.7. The highest BCUT2D eigenvalue weighted by atomic mass is 32.1. The molecule has 0 aliphatic carbocycles. The van der Waals surface area contributed by atoms with Crippen molar-refractivity contribution in [1.29, 1.82) is 0 Å². The van der Waals surface area contributed by atoms with Gasteiger partial charge in [-0.3, -0.25) is 9.59 Å². The summed E-state index contributed by atoms with van der Waals surface area (Å²) in [6, 6.07) is -0.409. The molecule has 1 aliphatic rings. The molecule has 1 aliphatic heterocycles. The molecule has 2 aromatic heterocycles. The highest BCUT2D eigenvalue weighted by molar-refractivity contribution is 7.08. The number of hydrogen-bond acceptors (Lipinski definition) is 8. The molecule has 0 aromatic carbocycles. The van der Waals surface area contributed by atoms with Gasteiger partial charge in [-0.05, 0) is 20.8 Å². The SMILES string of the molecule is CC(C)(C)OC(=O)N1CCN(C(=O)c2cscn2)C(CNC(=O)c2cscn2)C1. The van der Waals surface area contributed by atoms with E-state index in [1.54, 1.807) is 52.4 Å². The first-order valence-electron chi connectivity index (χ1n) is 9.08. The van der Waals surface area contributed by atoms with Gasteiger partial charge in [0.2, 0.25) is 0 Å². The number of rotatable bonds is 4. The average Bonchev–Trinajstić information content (AvgIpc) is 3.37. The van der Waals surface area contributed by atoms with Crippen molar-refractivity contribution in [3.63, 3.8) is 0 Å². The third kappa shape index (κ3) is 5.51. The normalized spacial score (nSPS) is 17.1. The molecular formula is C18H23N5O4S2. The van der Waals surface area contributed by atoms with Gasteiger partial charge >= 0.3 is 6.09 Å². The first kappa shape index (κ1) is 21.2. The van der Waals surface area contributed by atoms with Crippen molar-refractivity contribution in [1.82, 2.24) is 25.1 Å². The Morgan fingerprint density at radius 2 is 1.79 bits per heavy atom. The summed E-state index contributed by atoms with van der Waals surface area (Å²) < 4.78 is 5.45. The van der Waals surface area contributed by atoms with Gasteiger partial charge in [-0.2, -0.15) is 0 Å². The van der Waals surface area contributed by atoms with E-state index in [1.807, 2.05) is 0 Å². The van der Waals surface area contributed by atoms with E-state index in [1.165, 1.54) is 22.7 Å². The Morgan fingerprint density at radius 1 is 1.14 bits per heavy atom. The largest absolute Gasteiger partial charge is 0.444 e. The van der Waals surface area contributed by atoms with Gasteiger partial charge < -0.3 is 19.9 Å². The van der Waals surface area contributed by atoms with Gasteiger partial charge in [-0.25, -0.2) is 14.8 Å². The van der Waals surface area contributed by atoms with Gasteiger partial charge in [0.15, 0.2) is 0 Å². The molecule has 3 rings (SSSR count). The molecule has 11 heteroatoms. The summed E-state index contributed by atoms with van der Waals surface area (Å²) in [5.41, 5.74) is 3.25. The first-order valence-corrected chi connectivity index (χ1v) is 11.0. The molecule has 1 saturated heterocycles. The van der Waals surface area contributed by atoms with Crippen LogP contribution in [0.25, 0.3) is 0 Å². The molecule has 1 atom stereocenters. The second-order valence-corrected chi connectivity index (χ2v) is 8.97. The zero-order valence-electron chi connectivity index (χ0n) is 16.5. The average molecular weight is 438 g/mol. The summed E-state index contributed by atoms with van der Waals surface area (Å²) in [6.07, 6.45) is -0.436. The summed E-state index contributed by atoms with van der Waals surface area (Å²) in [5, 5.41) is 6.15. The minimum Gasteiger partial charge on any atom is -0.444 e. The number of carbonyl (C=O) groups excluding carboxylic acids is 3. The number of amides is 3. The van der Waals surface area contributed by atoms with Crippen LogP contribution in [0, 0.1) is 0 Å². The second kappa shape index (κ2) is 8.87. The Labute approximate surface area is 176 Å². The number of nitrogens with one attached hydrogen (secondary N) is 1. The van der Waals surface area contributed by atoms with Crippen LogP contribution in [0.1, 0.15) is 41.7 Å².